The second-order valence-corrected chi connectivity index (χ2v) is 8.69. The number of likely N-dealkylation sites (tertiary alicyclic amines) is 1. The first-order chi connectivity index (χ1) is 14.9. The van der Waals surface area contributed by atoms with Gasteiger partial charge < -0.3 is 20.0 Å². The van der Waals surface area contributed by atoms with E-state index in [0.29, 0.717) is 6.54 Å². The highest BCUT2D eigenvalue weighted by Crippen LogP contribution is 2.19. The van der Waals surface area contributed by atoms with Crippen LogP contribution in [-0.2, 0) is 4.79 Å². The summed E-state index contributed by atoms with van der Waals surface area (Å²) in [7, 11) is 5.79. The van der Waals surface area contributed by atoms with Crippen molar-refractivity contribution >= 4 is 11.9 Å². The summed E-state index contributed by atoms with van der Waals surface area (Å²) >= 11 is 0. The molecule has 0 saturated carbocycles. The molecule has 1 amide bonds. The maximum absolute atomic E-state index is 13.7. The maximum atomic E-state index is 13.7. The number of amides is 1. The summed E-state index contributed by atoms with van der Waals surface area (Å²) < 4.78 is 13.7. The molecule has 0 aromatic heterocycles. The van der Waals surface area contributed by atoms with Gasteiger partial charge in [0.25, 0.3) is 0 Å². The van der Waals surface area contributed by atoms with Crippen molar-refractivity contribution in [2.24, 2.45) is 4.99 Å². The Kier molecular flexibility index (Phi) is 8.26. The van der Waals surface area contributed by atoms with Gasteiger partial charge in [0.05, 0.1) is 12.1 Å². The van der Waals surface area contributed by atoms with Crippen LogP contribution in [0.15, 0.2) is 29.3 Å². The number of rotatable bonds is 6. The van der Waals surface area contributed by atoms with Crippen molar-refractivity contribution in [1.29, 1.82) is 0 Å². The molecule has 31 heavy (non-hydrogen) atoms. The molecule has 0 aliphatic carbocycles. The third kappa shape index (κ3) is 5.95. The topological polar surface area (TPSA) is 54.4 Å². The van der Waals surface area contributed by atoms with E-state index >= 15 is 0 Å². The minimum absolute atomic E-state index is 0.0341. The van der Waals surface area contributed by atoms with Crippen molar-refractivity contribution in [2.45, 2.75) is 31.8 Å². The molecule has 2 atom stereocenters. The Morgan fingerprint density at radius 1 is 1.13 bits per heavy atom. The van der Waals surface area contributed by atoms with E-state index < -0.39 is 0 Å². The number of likely N-dealkylation sites (N-methyl/N-ethyl adjacent to an activating group) is 1. The van der Waals surface area contributed by atoms with Gasteiger partial charge >= 0.3 is 0 Å². The zero-order valence-electron chi connectivity index (χ0n) is 19.4. The van der Waals surface area contributed by atoms with Crippen molar-refractivity contribution in [3.8, 4) is 0 Å². The second kappa shape index (κ2) is 10.9. The summed E-state index contributed by atoms with van der Waals surface area (Å²) in [6.45, 7) is 7.78. The van der Waals surface area contributed by atoms with Crippen LogP contribution in [0.3, 0.4) is 0 Å². The minimum Gasteiger partial charge on any atom is -0.354 e. The van der Waals surface area contributed by atoms with Crippen molar-refractivity contribution in [2.75, 3.05) is 67.0 Å². The number of carbonyl (C=O) groups is 1. The summed E-state index contributed by atoms with van der Waals surface area (Å²) in [4.78, 5) is 25.8. The van der Waals surface area contributed by atoms with Gasteiger partial charge in [0.1, 0.15) is 5.82 Å². The third-order valence-corrected chi connectivity index (χ3v) is 6.46. The summed E-state index contributed by atoms with van der Waals surface area (Å²) in [6.07, 6.45) is 2.25. The number of nitrogens with zero attached hydrogens (tertiary/aromatic N) is 5. The molecular formula is C23H37FN6O. The van der Waals surface area contributed by atoms with Gasteiger partial charge in [-0.15, -0.1) is 0 Å². The van der Waals surface area contributed by atoms with Gasteiger partial charge in [-0.2, -0.15) is 0 Å². The summed E-state index contributed by atoms with van der Waals surface area (Å²) in [5.41, 5.74) is 0.937. The average molecular weight is 433 g/mol. The lowest BCUT2D eigenvalue weighted by molar-refractivity contribution is -0.135. The number of hydrogen-bond acceptors (Lipinski definition) is 4. The van der Waals surface area contributed by atoms with E-state index in [9.17, 15) is 9.18 Å². The Bertz CT molecular complexity index is 756. The zero-order chi connectivity index (χ0) is 22.4. The molecule has 1 N–H and O–H groups in total. The fourth-order valence-electron chi connectivity index (χ4n) is 4.51. The van der Waals surface area contributed by atoms with Crippen LogP contribution in [0.5, 0.6) is 0 Å². The van der Waals surface area contributed by atoms with Gasteiger partial charge in [-0.05, 0) is 51.6 Å². The maximum Gasteiger partial charge on any atom is 0.239 e. The number of aliphatic imine (C=N–C) groups is 1. The van der Waals surface area contributed by atoms with E-state index in [2.05, 4.69) is 25.0 Å². The van der Waals surface area contributed by atoms with Crippen molar-refractivity contribution in [3.63, 3.8) is 0 Å². The Morgan fingerprint density at radius 2 is 1.81 bits per heavy atom. The number of hydrogen-bond donors (Lipinski definition) is 1. The Morgan fingerprint density at radius 3 is 2.39 bits per heavy atom. The normalized spacial score (nSPS) is 20.3. The van der Waals surface area contributed by atoms with Gasteiger partial charge in [0.2, 0.25) is 5.91 Å². The lowest BCUT2D eigenvalue weighted by Crippen LogP contribution is -2.57. The van der Waals surface area contributed by atoms with Gasteiger partial charge in [0, 0.05) is 52.9 Å². The highest BCUT2D eigenvalue weighted by atomic mass is 19.1. The molecular weight excluding hydrogens is 395 g/mol. The second-order valence-electron chi connectivity index (χ2n) is 8.69. The number of halogens is 1. The van der Waals surface area contributed by atoms with E-state index in [1.807, 2.05) is 32.0 Å². The molecule has 2 heterocycles. The van der Waals surface area contributed by atoms with E-state index in [-0.39, 0.29) is 23.8 Å². The molecule has 0 bridgehead atoms. The van der Waals surface area contributed by atoms with Crippen molar-refractivity contribution in [3.05, 3.63) is 35.6 Å². The first-order valence-electron chi connectivity index (χ1n) is 11.3. The monoisotopic (exact) mass is 432 g/mol. The molecule has 2 aliphatic rings. The summed E-state index contributed by atoms with van der Waals surface area (Å²) in [5.74, 6) is 0.890. The summed E-state index contributed by atoms with van der Waals surface area (Å²) in [6, 6.07) is 6.73. The van der Waals surface area contributed by atoms with E-state index in [1.165, 1.54) is 6.07 Å². The predicted molar refractivity (Wildman–Crippen MR) is 123 cm³/mol. The quantitative estimate of drug-likeness (QED) is 0.547. The molecule has 7 nitrogen and oxygen atoms in total. The minimum atomic E-state index is -0.220. The van der Waals surface area contributed by atoms with Crippen molar-refractivity contribution < 1.29 is 9.18 Å². The van der Waals surface area contributed by atoms with E-state index in [0.717, 1.165) is 63.6 Å². The molecule has 8 heteroatoms. The molecule has 2 saturated heterocycles. The summed E-state index contributed by atoms with van der Waals surface area (Å²) in [5, 5.41) is 3.47. The molecule has 3 rings (SSSR count). The Balaban J connectivity index is 1.53. The van der Waals surface area contributed by atoms with Crippen LogP contribution in [0.2, 0.25) is 0 Å². The highest BCUT2D eigenvalue weighted by molar-refractivity contribution is 5.82. The first kappa shape index (κ1) is 23.5. The van der Waals surface area contributed by atoms with E-state index in [4.69, 9.17) is 0 Å². The standard InChI is InChI=1S/C23H37FN6O/c1-18(22(31)29-10-5-6-11-29)28-12-14-30(15-13-28)23(25-2)26-17-21(27(3)4)19-8-7-9-20(24)16-19/h7-9,16,18,21H,5-6,10-15,17H2,1-4H3,(H,25,26). The van der Waals surface area contributed by atoms with Gasteiger partial charge in [-0.3, -0.25) is 14.7 Å². The Hall–Kier alpha value is -2.19. The van der Waals surface area contributed by atoms with E-state index in [1.54, 1.807) is 19.2 Å². The molecule has 2 fully saturated rings. The van der Waals surface area contributed by atoms with Gasteiger partial charge in [-0.25, -0.2) is 4.39 Å². The molecule has 0 radical (unpaired) electrons. The van der Waals surface area contributed by atoms with Gasteiger partial charge in [0.15, 0.2) is 5.96 Å². The smallest absolute Gasteiger partial charge is 0.239 e. The molecule has 1 aromatic rings. The highest BCUT2D eigenvalue weighted by Gasteiger charge is 2.30. The first-order valence-corrected chi connectivity index (χ1v) is 11.3. The Labute approximate surface area is 185 Å². The van der Waals surface area contributed by atoms with Crippen LogP contribution < -0.4 is 5.32 Å². The van der Waals surface area contributed by atoms with Crippen LogP contribution in [0.25, 0.3) is 0 Å². The van der Waals surface area contributed by atoms with Gasteiger partial charge in [-0.1, -0.05) is 12.1 Å². The van der Waals surface area contributed by atoms with Crippen LogP contribution >= 0.6 is 0 Å². The van der Waals surface area contributed by atoms with Crippen LogP contribution in [0, 0.1) is 5.82 Å². The molecule has 0 spiro atoms. The van der Waals surface area contributed by atoms with Crippen LogP contribution in [0.4, 0.5) is 4.39 Å². The largest absolute Gasteiger partial charge is 0.354 e. The number of carbonyl (C=O) groups excluding carboxylic acids is 1. The number of benzene rings is 1. The fraction of sp³-hybridized carbons (Fsp3) is 0.652. The number of piperazine rings is 1. The number of guanidine groups is 1. The van der Waals surface area contributed by atoms with Crippen molar-refractivity contribution in [1.82, 2.24) is 24.9 Å². The SMILES string of the molecule is CN=C(NCC(c1cccc(F)c1)N(C)C)N1CCN(C(C)C(=O)N2CCCC2)CC1. The molecule has 2 unspecified atom stereocenters. The zero-order valence-corrected chi connectivity index (χ0v) is 19.4. The van der Waals surface area contributed by atoms with Crippen LogP contribution in [-0.4, -0.2) is 104 Å². The number of nitrogens with one attached hydrogen (secondary N) is 1. The third-order valence-electron chi connectivity index (χ3n) is 6.46. The molecule has 172 valence electrons. The lowest BCUT2D eigenvalue weighted by Gasteiger charge is -2.40. The predicted octanol–water partition coefficient (Wildman–Crippen LogP) is 1.63. The molecule has 1 aromatic carbocycles. The average Bonchev–Trinajstić information content (AvgIpc) is 3.31. The fourth-order valence-corrected chi connectivity index (χ4v) is 4.51. The molecule has 2 aliphatic heterocycles. The lowest BCUT2D eigenvalue weighted by atomic mass is 10.1. The van der Waals surface area contributed by atoms with Crippen LogP contribution in [0.1, 0.15) is 31.4 Å².